The molecule has 0 aliphatic heterocycles. The number of hydrogen-bond donors (Lipinski definition) is 2. The molecule has 0 aliphatic rings. The quantitative estimate of drug-likeness (QED) is 0.140. The summed E-state index contributed by atoms with van der Waals surface area (Å²) in [6.07, 6.45) is 9.31. The van der Waals surface area contributed by atoms with Crippen molar-refractivity contribution >= 4 is 0 Å². The van der Waals surface area contributed by atoms with E-state index in [0.717, 1.165) is 73.1 Å². The van der Waals surface area contributed by atoms with Crippen LogP contribution in [0, 0.1) is 0 Å². The highest BCUT2D eigenvalue weighted by atomic mass is 16.5. The van der Waals surface area contributed by atoms with Crippen molar-refractivity contribution in [2.75, 3.05) is 6.61 Å². The molecule has 0 radical (unpaired) electrons. The van der Waals surface area contributed by atoms with E-state index in [1.165, 1.54) is 38.9 Å². The molecule has 2 heterocycles. The predicted molar refractivity (Wildman–Crippen MR) is 174 cm³/mol. The molecule has 0 unspecified atom stereocenters. The van der Waals surface area contributed by atoms with Gasteiger partial charge in [-0.15, -0.1) is 0 Å². The van der Waals surface area contributed by atoms with Crippen LogP contribution in [0.2, 0.25) is 0 Å². The van der Waals surface area contributed by atoms with Crippen LogP contribution >= 0.6 is 0 Å². The van der Waals surface area contributed by atoms with Crippen LogP contribution in [-0.4, -0.2) is 26.5 Å². The summed E-state index contributed by atoms with van der Waals surface area (Å²) in [4.78, 5) is 16.6. The molecular formula is C37H44N4O2. The smallest absolute Gasteiger partial charge is 0.173 e. The number of benzene rings is 3. The van der Waals surface area contributed by atoms with Gasteiger partial charge < -0.3 is 19.4 Å². The Labute approximate surface area is 255 Å². The van der Waals surface area contributed by atoms with E-state index < -0.39 is 0 Å². The summed E-state index contributed by atoms with van der Waals surface area (Å²) in [5, 5.41) is 0. The molecule has 0 bridgehead atoms. The third-order valence-corrected chi connectivity index (χ3v) is 8.14. The monoisotopic (exact) mass is 576 g/mol. The van der Waals surface area contributed by atoms with E-state index in [4.69, 9.17) is 19.4 Å². The highest BCUT2D eigenvalue weighted by molar-refractivity contribution is 5.50. The van der Waals surface area contributed by atoms with E-state index in [2.05, 4.69) is 74.1 Å². The topological polar surface area (TPSA) is 75.8 Å². The third-order valence-electron chi connectivity index (χ3n) is 8.14. The van der Waals surface area contributed by atoms with Crippen molar-refractivity contribution in [2.24, 2.45) is 0 Å². The van der Waals surface area contributed by atoms with E-state index in [1.807, 2.05) is 37.5 Å². The molecule has 0 saturated carbocycles. The maximum Gasteiger partial charge on any atom is 0.173 e. The first kappa shape index (κ1) is 30.1. The minimum absolute atomic E-state index is 0.567. The van der Waals surface area contributed by atoms with Gasteiger partial charge >= 0.3 is 0 Å². The Kier molecular flexibility index (Phi) is 9.98. The van der Waals surface area contributed by atoms with E-state index >= 15 is 0 Å². The Morgan fingerprint density at radius 3 is 1.77 bits per heavy atom. The number of nitrogens with one attached hydrogen (secondary N) is 2. The van der Waals surface area contributed by atoms with E-state index in [0.29, 0.717) is 13.2 Å². The molecule has 224 valence electrons. The van der Waals surface area contributed by atoms with E-state index in [-0.39, 0.29) is 0 Å². The lowest BCUT2D eigenvalue weighted by Crippen LogP contribution is -2.05. The van der Waals surface area contributed by atoms with Crippen molar-refractivity contribution in [3.8, 4) is 23.1 Å². The van der Waals surface area contributed by atoms with Crippen LogP contribution in [0.1, 0.15) is 85.0 Å². The lowest BCUT2D eigenvalue weighted by Gasteiger charge is -2.17. The number of nitrogens with zero attached hydrogens (tertiary/aromatic N) is 2. The number of H-pyrrole nitrogens is 2. The third kappa shape index (κ3) is 7.02. The molecule has 2 aromatic heterocycles. The van der Waals surface area contributed by atoms with Gasteiger partial charge in [-0.3, -0.25) is 0 Å². The molecule has 0 aliphatic carbocycles. The zero-order valence-electron chi connectivity index (χ0n) is 26.2. The number of ether oxygens (including phenoxy) is 2. The van der Waals surface area contributed by atoms with Crippen molar-refractivity contribution in [1.82, 2.24) is 19.9 Å². The van der Waals surface area contributed by atoms with Gasteiger partial charge in [0.25, 0.3) is 0 Å². The first-order chi connectivity index (χ1) is 21.1. The van der Waals surface area contributed by atoms with Gasteiger partial charge in [-0.1, -0.05) is 64.1 Å². The number of imidazole rings is 2. The van der Waals surface area contributed by atoms with Crippen LogP contribution in [0.15, 0.2) is 67.0 Å². The molecule has 0 amide bonds. The van der Waals surface area contributed by atoms with Gasteiger partial charge in [-0.25, -0.2) is 9.97 Å². The summed E-state index contributed by atoms with van der Waals surface area (Å²) in [6.45, 7) is 12.1. The maximum atomic E-state index is 6.20. The fourth-order valence-corrected chi connectivity index (χ4v) is 5.90. The van der Waals surface area contributed by atoms with Crippen molar-refractivity contribution in [3.05, 3.63) is 117 Å². The highest BCUT2D eigenvalue weighted by Gasteiger charge is 2.17. The fourth-order valence-electron chi connectivity index (χ4n) is 5.90. The number of aromatic amines is 2. The van der Waals surface area contributed by atoms with Crippen molar-refractivity contribution in [1.29, 1.82) is 0 Å². The Balaban J connectivity index is 1.33. The minimum Gasteiger partial charge on any atom is -0.494 e. The second-order valence-corrected chi connectivity index (χ2v) is 10.9. The van der Waals surface area contributed by atoms with E-state index in [1.54, 1.807) is 0 Å². The SMILES string of the molecule is CCOc1ccc(CC)c(Cc2c[nH]c(-c3nc(Cc4c(CC)cc(OCc5ccccc5)cc4CC)c[nH]3)n2)c1CC. The van der Waals surface area contributed by atoms with Crippen LogP contribution < -0.4 is 9.47 Å². The van der Waals surface area contributed by atoms with Gasteiger partial charge in [0.1, 0.15) is 18.1 Å². The Morgan fingerprint density at radius 1 is 0.605 bits per heavy atom. The molecule has 5 rings (SSSR count). The van der Waals surface area contributed by atoms with Gasteiger partial charge in [0.15, 0.2) is 11.6 Å². The zero-order chi connectivity index (χ0) is 30.2. The molecule has 6 nitrogen and oxygen atoms in total. The van der Waals surface area contributed by atoms with Crippen LogP contribution in [0.4, 0.5) is 0 Å². The lowest BCUT2D eigenvalue weighted by molar-refractivity contribution is 0.305. The molecule has 0 fully saturated rings. The summed E-state index contributed by atoms with van der Waals surface area (Å²) in [7, 11) is 0. The first-order valence-corrected chi connectivity index (χ1v) is 15.7. The average molecular weight is 577 g/mol. The van der Waals surface area contributed by atoms with E-state index in [9.17, 15) is 0 Å². The van der Waals surface area contributed by atoms with Crippen molar-refractivity contribution in [3.63, 3.8) is 0 Å². The number of aryl methyl sites for hydroxylation is 3. The first-order valence-electron chi connectivity index (χ1n) is 15.7. The number of rotatable bonds is 14. The van der Waals surface area contributed by atoms with Gasteiger partial charge in [0, 0.05) is 25.2 Å². The molecular weight excluding hydrogens is 532 g/mol. The normalized spacial score (nSPS) is 11.2. The van der Waals surface area contributed by atoms with Gasteiger partial charge in [0.05, 0.1) is 18.0 Å². The highest BCUT2D eigenvalue weighted by Crippen LogP contribution is 2.30. The predicted octanol–water partition coefficient (Wildman–Crippen LogP) is 8.21. The van der Waals surface area contributed by atoms with Crippen molar-refractivity contribution < 1.29 is 9.47 Å². The fraction of sp³-hybridized carbons (Fsp3) is 0.351. The molecule has 0 spiro atoms. The largest absolute Gasteiger partial charge is 0.494 e. The molecule has 0 atom stereocenters. The summed E-state index contributed by atoms with van der Waals surface area (Å²) in [6, 6.07) is 19.0. The molecule has 2 N–H and O–H groups in total. The zero-order valence-corrected chi connectivity index (χ0v) is 26.2. The van der Waals surface area contributed by atoms with Gasteiger partial charge in [0.2, 0.25) is 0 Å². The Morgan fingerprint density at radius 2 is 1.21 bits per heavy atom. The van der Waals surface area contributed by atoms with Crippen LogP contribution in [-0.2, 0) is 45.1 Å². The molecule has 5 aromatic rings. The average Bonchev–Trinajstić information content (AvgIpc) is 3.71. The molecule has 3 aromatic carbocycles. The molecule has 6 heteroatoms. The van der Waals surface area contributed by atoms with Crippen LogP contribution in [0.5, 0.6) is 11.5 Å². The Hall–Kier alpha value is -4.32. The Bertz CT molecular complexity index is 1610. The standard InChI is InChI=1S/C37H44N4O2/c1-6-26-16-17-35(42-10-5)32(9-4)34(26)21-30-23-39-37(41-30)36-38-22-29(40-36)20-33-27(7-2)18-31(19-28(33)8-3)43-24-25-14-12-11-13-15-25/h11-19,22-23H,6-10,20-21,24H2,1-5H3,(H,38,40)(H,39,41). The van der Waals surface area contributed by atoms with Crippen LogP contribution in [0.3, 0.4) is 0 Å². The minimum atomic E-state index is 0.567. The molecule has 0 saturated heterocycles. The lowest BCUT2D eigenvalue weighted by atomic mass is 9.93. The summed E-state index contributed by atoms with van der Waals surface area (Å²) >= 11 is 0. The molecule has 43 heavy (non-hydrogen) atoms. The van der Waals surface area contributed by atoms with Crippen molar-refractivity contribution in [2.45, 2.75) is 79.8 Å². The second-order valence-electron chi connectivity index (χ2n) is 10.9. The summed E-state index contributed by atoms with van der Waals surface area (Å²) in [5.74, 6) is 3.43. The van der Waals surface area contributed by atoms with Gasteiger partial charge in [-0.05, 0) is 89.8 Å². The maximum absolute atomic E-state index is 6.20. The summed E-state index contributed by atoms with van der Waals surface area (Å²) in [5.41, 5.74) is 11.1. The summed E-state index contributed by atoms with van der Waals surface area (Å²) < 4.78 is 12.1. The number of aromatic nitrogens is 4. The van der Waals surface area contributed by atoms with Gasteiger partial charge in [-0.2, -0.15) is 0 Å². The van der Waals surface area contributed by atoms with Crippen LogP contribution in [0.25, 0.3) is 11.6 Å². The number of hydrogen-bond acceptors (Lipinski definition) is 4. The second kappa shape index (κ2) is 14.2.